The summed E-state index contributed by atoms with van der Waals surface area (Å²) in [5.41, 5.74) is 6.59. The summed E-state index contributed by atoms with van der Waals surface area (Å²) in [5.74, 6) is -1.77. The minimum atomic E-state index is -4.43. The SMILES string of the molecule is N[C@H](CCF)[C@H]1CC[C@H](C(=O)N2CC[C@@H](C3CCCCC3)[C@H]2C(=O)Nc2ccc(C(=O)NS(=O)(=O)c3ccccc3F)cc2)CC1. The monoisotopic (exact) mass is 658 g/mol. The highest BCUT2D eigenvalue weighted by Gasteiger charge is 2.47. The average Bonchev–Trinajstić information content (AvgIpc) is 3.51. The van der Waals surface area contributed by atoms with E-state index in [1.165, 1.54) is 42.8 Å². The van der Waals surface area contributed by atoms with Crippen LogP contribution in [0.3, 0.4) is 0 Å². The third kappa shape index (κ3) is 7.76. The lowest BCUT2D eigenvalue weighted by Crippen LogP contribution is -2.50. The van der Waals surface area contributed by atoms with Gasteiger partial charge in [0.15, 0.2) is 0 Å². The van der Waals surface area contributed by atoms with E-state index in [4.69, 9.17) is 5.73 Å². The minimum absolute atomic E-state index is 0.000876. The number of halogens is 2. The number of carbonyl (C=O) groups excluding carboxylic acids is 3. The quantitative estimate of drug-likeness (QED) is 0.322. The number of likely N-dealkylation sites (tertiary alicyclic amines) is 1. The Labute approximate surface area is 269 Å². The number of nitrogens with zero attached hydrogens (tertiary/aromatic N) is 1. The smallest absolute Gasteiger partial charge is 0.267 e. The first-order chi connectivity index (χ1) is 22.1. The molecule has 3 amide bonds. The molecule has 12 heteroatoms. The number of benzene rings is 2. The molecule has 9 nitrogen and oxygen atoms in total. The summed E-state index contributed by atoms with van der Waals surface area (Å²) in [6.45, 7) is 0.0788. The van der Waals surface area contributed by atoms with Crippen molar-refractivity contribution in [2.24, 2.45) is 29.4 Å². The molecule has 46 heavy (non-hydrogen) atoms. The van der Waals surface area contributed by atoms with Gasteiger partial charge >= 0.3 is 0 Å². The van der Waals surface area contributed by atoms with Crippen LogP contribution < -0.4 is 15.8 Å². The summed E-state index contributed by atoms with van der Waals surface area (Å²) < 4.78 is 53.8. The summed E-state index contributed by atoms with van der Waals surface area (Å²) in [7, 11) is -4.43. The van der Waals surface area contributed by atoms with E-state index < -0.39 is 39.4 Å². The Hall–Kier alpha value is -3.38. The van der Waals surface area contributed by atoms with Crippen molar-refractivity contribution in [2.75, 3.05) is 18.5 Å². The topological polar surface area (TPSA) is 139 Å². The summed E-state index contributed by atoms with van der Waals surface area (Å²) >= 11 is 0. The molecule has 250 valence electrons. The molecule has 0 unspecified atom stereocenters. The predicted octanol–water partition coefficient (Wildman–Crippen LogP) is 5.17. The van der Waals surface area contributed by atoms with Crippen LogP contribution >= 0.6 is 0 Å². The van der Waals surface area contributed by atoms with Crippen LogP contribution in [0.4, 0.5) is 14.5 Å². The zero-order valence-corrected chi connectivity index (χ0v) is 26.8. The van der Waals surface area contributed by atoms with Crippen molar-refractivity contribution in [3.05, 3.63) is 59.9 Å². The Kier molecular flexibility index (Phi) is 11.1. The molecule has 1 saturated heterocycles. The molecule has 0 bridgehead atoms. The molecule has 2 aliphatic carbocycles. The van der Waals surface area contributed by atoms with Gasteiger partial charge in [-0.1, -0.05) is 44.2 Å². The maximum absolute atomic E-state index is 14.0. The normalized spacial score (nSPS) is 24.7. The number of hydrogen-bond acceptors (Lipinski definition) is 6. The van der Waals surface area contributed by atoms with Gasteiger partial charge in [0.05, 0.1) is 6.67 Å². The van der Waals surface area contributed by atoms with Crippen LogP contribution in [-0.4, -0.2) is 56.3 Å². The van der Waals surface area contributed by atoms with Gasteiger partial charge in [0.1, 0.15) is 16.8 Å². The third-order valence-corrected chi connectivity index (χ3v) is 11.6. The number of nitrogens with two attached hydrogens (primary N) is 1. The van der Waals surface area contributed by atoms with Gasteiger partial charge in [0, 0.05) is 29.8 Å². The summed E-state index contributed by atoms with van der Waals surface area (Å²) in [6, 6.07) is 9.71. The number of sulfonamides is 1. The number of hydrogen-bond donors (Lipinski definition) is 3. The van der Waals surface area contributed by atoms with Crippen LogP contribution in [0, 0.1) is 29.5 Å². The predicted molar refractivity (Wildman–Crippen MR) is 170 cm³/mol. The number of alkyl halides is 1. The Bertz CT molecular complexity index is 1490. The second kappa shape index (κ2) is 15.0. The van der Waals surface area contributed by atoms with E-state index in [1.54, 1.807) is 4.90 Å². The van der Waals surface area contributed by atoms with Crippen LogP contribution in [0.15, 0.2) is 53.4 Å². The van der Waals surface area contributed by atoms with Gasteiger partial charge in [-0.3, -0.25) is 18.8 Å². The summed E-state index contributed by atoms with van der Waals surface area (Å²) in [4.78, 5) is 41.7. The molecular formula is C34H44F2N4O5S. The van der Waals surface area contributed by atoms with Gasteiger partial charge < -0.3 is 16.0 Å². The standard InChI is InChI=1S/C34H44F2N4O5S/c35-20-18-29(37)23-10-12-25(13-11-23)34(43)40-21-19-27(22-6-2-1-3-7-22)31(40)33(42)38-26-16-14-24(15-17-26)32(41)39-46(44,45)30-9-5-4-8-28(30)36/h4-5,8-9,14-17,22-23,25,27,29,31H,1-3,6-7,10-13,18-21,37H2,(H,38,42)(H,39,41)/t23-,25-,27-,29+,31-/m0/s1. The van der Waals surface area contributed by atoms with Crippen molar-refractivity contribution in [2.45, 2.75) is 87.6 Å². The average molecular weight is 659 g/mol. The highest BCUT2D eigenvalue weighted by molar-refractivity contribution is 7.90. The van der Waals surface area contributed by atoms with Crippen LogP contribution in [-0.2, 0) is 19.6 Å². The lowest BCUT2D eigenvalue weighted by Gasteiger charge is -2.37. The largest absolute Gasteiger partial charge is 0.330 e. The highest BCUT2D eigenvalue weighted by atomic mass is 32.2. The lowest BCUT2D eigenvalue weighted by molar-refractivity contribution is -0.142. The molecule has 2 aromatic rings. The highest BCUT2D eigenvalue weighted by Crippen LogP contribution is 2.41. The fourth-order valence-corrected chi connectivity index (χ4v) is 8.72. The van der Waals surface area contributed by atoms with Gasteiger partial charge in [-0.15, -0.1) is 0 Å². The third-order valence-electron chi connectivity index (χ3n) is 10.2. The second-order valence-electron chi connectivity index (χ2n) is 13.0. The Balaban J connectivity index is 1.26. The molecule has 2 saturated carbocycles. The van der Waals surface area contributed by atoms with E-state index in [0.717, 1.165) is 57.1 Å². The van der Waals surface area contributed by atoms with E-state index in [0.29, 0.717) is 37.4 Å². The van der Waals surface area contributed by atoms with Crippen molar-refractivity contribution in [1.29, 1.82) is 0 Å². The second-order valence-corrected chi connectivity index (χ2v) is 14.7. The molecule has 3 aliphatic rings. The molecule has 2 aromatic carbocycles. The molecule has 3 fully saturated rings. The van der Waals surface area contributed by atoms with Crippen LogP contribution in [0.25, 0.3) is 0 Å². The number of amides is 3. The van der Waals surface area contributed by atoms with Crippen molar-refractivity contribution in [1.82, 2.24) is 9.62 Å². The molecular weight excluding hydrogens is 614 g/mol. The fraction of sp³-hybridized carbons (Fsp3) is 0.559. The number of nitrogens with one attached hydrogen (secondary N) is 2. The Morgan fingerprint density at radius 1 is 0.913 bits per heavy atom. The lowest BCUT2D eigenvalue weighted by atomic mass is 9.76. The first kappa shape index (κ1) is 34.0. The molecule has 0 aromatic heterocycles. The first-order valence-electron chi connectivity index (χ1n) is 16.4. The van der Waals surface area contributed by atoms with Gasteiger partial charge in [-0.2, -0.15) is 0 Å². The molecule has 0 radical (unpaired) electrons. The first-order valence-corrected chi connectivity index (χ1v) is 17.9. The maximum Gasteiger partial charge on any atom is 0.267 e. The number of carbonyl (C=O) groups is 3. The minimum Gasteiger partial charge on any atom is -0.330 e. The fourth-order valence-electron chi connectivity index (χ4n) is 7.67. The van der Waals surface area contributed by atoms with E-state index in [-0.39, 0.29) is 41.2 Å². The maximum atomic E-state index is 14.0. The molecule has 0 spiro atoms. The van der Waals surface area contributed by atoms with Gasteiger partial charge in [-0.05, 0) is 92.7 Å². The van der Waals surface area contributed by atoms with Crippen molar-refractivity contribution < 1.29 is 31.6 Å². The molecule has 1 aliphatic heterocycles. The van der Waals surface area contributed by atoms with Crippen molar-refractivity contribution >= 4 is 33.4 Å². The van der Waals surface area contributed by atoms with Gasteiger partial charge in [-0.25, -0.2) is 17.5 Å². The van der Waals surface area contributed by atoms with Crippen LogP contribution in [0.1, 0.15) is 81.0 Å². The van der Waals surface area contributed by atoms with Crippen molar-refractivity contribution in [3.8, 4) is 0 Å². The zero-order chi connectivity index (χ0) is 32.8. The summed E-state index contributed by atoms with van der Waals surface area (Å²) in [6.07, 6.45) is 9.48. The number of rotatable bonds is 10. The van der Waals surface area contributed by atoms with E-state index >= 15 is 0 Å². The molecule has 1 heterocycles. The van der Waals surface area contributed by atoms with E-state index in [2.05, 4.69) is 5.32 Å². The molecule has 3 atom stereocenters. The zero-order valence-electron chi connectivity index (χ0n) is 26.0. The van der Waals surface area contributed by atoms with Crippen molar-refractivity contribution in [3.63, 3.8) is 0 Å². The Morgan fingerprint density at radius 3 is 2.24 bits per heavy atom. The van der Waals surface area contributed by atoms with Gasteiger partial charge in [0.2, 0.25) is 11.8 Å². The van der Waals surface area contributed by atoms with E-state index in [9.17, 15) is 31.6 Å². The van der Waals surface area contributed by atoms with E-state index in [1.807, 2.05) is 4.72 Å². The number of anilines is 1. The van der Waals surface area contributed by atoms with Crippen LogP contribution in [0.2, 0.25) is 0 Å². The van der Waals surface area contributed by atoms with Gasteiger partial charge in [0.25, 0.3) is 15.9 Å². The van der Waals surface area contributed by atoms with Crippen LogP contribution in [0.5, 0.6) is 0 Å². The molecule has 4 N–H and O–H groups in total. The Morgan fingerprint density at radius 2 is 1.59 bits per heavy atom. The molecule has 5 rings (SSSR count). The summed E-state index contributed by atoms with van der Waals surface area (Å²) in [5, 5.41) is 2.94.